The smallest absolute Gasteiger partial charge is 0.334 e. The van der Waals surface area contributed by atoms with Crippen LogP contribution >= 0.6 is 0 Å². The third kappa shape index (κ3) is 5.38. The van der Waals surface area contributed by atoms with Crippen LogP contribution in [0.25, 0.3) is 0 Å². The first-order chi connectivity index (χ1) is 16.2. The zero-order chi connectivity index (χ0) is 24.8. The number of aromatic hydroxyl groups is 1. The molecule has 2 aromatic rings. The molecule has 34 heavy (non-hydrogen) atoms. The van der Waals surface area contributed by atoms with E-state index in [1.54, 1.807) is 12.1 Å². The number of ether oxygens (including phenoxy) is 1. The number of aliphatic carboxylic acids is 1. The number of carboxylic acid groups (broad SMARTS) is 1. The summed E-state index contributed by atoms with van der Waals surface area (Å²) in [7, 11) is 0. The standard InChI is InChI=1S/C24H28N4O6/c1-4-7-17-19(12-11-16(15(3)29)23(17)31)34-13-6-5-8-20-25-27-28(26-20)21-18(24(32)33)10-9-14(2)22(21)30/h10-12,21,31H,2,4-9,13H2,1,3H3,(H,32,33). The largest absolute Gasteiger partial charge is 0.507 e. The summed E-state index contributed by atoms with van der Waals surface area (Å²) in [5.74, 6) is -0.915. The molecule has 2 N–H and O–H groups in total. The fourth-order valence-corrected chi connectivity index (χ4v) is 3.77. The second kappa shape index (κ2) is 10.9. The minimum atomic E-state index is -1.20. The SMILES string of the molecule is C=C1CC=C(C(=O)O)C(n2nnc(CCCCOc3ccc(C(C)=O)c(O)c3CCC)n2)C1=O. The van der Waals surface area contributed by atoms with Gasteiger partial charge in [-0.25, -0.2) is 4.79 Å². The van der Waals surface area contributed by atoms with Crippen LogP contribution in [0.15, 0.2) is 35.9 Å². The van der Waals surface area contributed by atoms with Crippen molar-refractivity contribution in [2.24, 2.45) is 0 Å². The zero-order valence-electron chi connectivity index (χ0n) is 19.3. The molecule has 3 rings (SSSR count). The first kappa shape index (κ1) is 24.8. The maximum atomic E-state index is 12.5. The Balaban J connectivity index is 1.57. The van der Waals surface area contributed by atoms with Crippen molar-refractivity contribution < 1.29 is 29.3 Å². The molecule has 0 amide bonds. The number of tetrazole rings is 1. The van der Waals surface area contributed by atoms with E-state index in [1.165, 1.54) is 13.0 Å². The molecule has 1 unspecified atom stereocenters. The number of hydrogen-bond acceptors (Lipinski definition) is 8. The average molecular weight is 469 g/mol. The summed E-state index contributed by atoms with van der Waals surface area (Å²) >= 11 is 0. The average Bonchev–Trinajstić information content (AvgIpc) is 3.25. The highest BCUT2D eigenvalue weighted by atomic mass is 16.5. The van der Waals surface area contributed by atoms with Crippen LogP contribution in [0.2, 0.25) is 0 Å². The molecule has 0 spiro atoms. The molecule has 1 aliphatic carbocycles. The number of hydrogen-bond donors (Lipinski definition) is 2. The monoisotopic (exact) mass is 468 g/mol. The van der Waals surface area contributed by atoms with Crippen molar-refractivity contribution in [3.05, 3.63) is 52.9 Å². The Morgan fingerprint density at radius 2 is 2.03 bits per heavy atom. The second-order valence-corrected chi connectivity index (χ2v) is 8.12. The number of benzene rings is 1. The van der Waals surface area contributed by atoms with Gasteiger partial charge < -0.3 is 14.9 Å². The number of Topliss-reactive ketones (excluding diaryl/α,β-unsaturated/α-hetero) is 2. The Hall–Kier alpha value is -3.82. The van der Waals surface area contributed by atoms with E-state index in [0.717, 1.165) is 11.2 Å². The molecule has 1 aromatic carbocycles. The minimum Gasteiger partial charge on any atom is -0.507 e. The number of carboxylic acids is 1. The normalized spacial score (nSPS) is 15.8. The number of aryl methyl sites for hydroxylation is 1. The van der Waals surface area contributed by atoms with Crippen LogP contribution in [0.5, 0.6) is 11.5 Å². The van der Waals surface area contributed by atoms with Gasteiger partial charge in [-0.1, -0.05) is 26.0 Å². The van der Waals surface area contributed by atoms with Crippen molar-refractivity contribution in [1.82, 2.24) is 20.2 Å². The number of ketones is 2. The highest BCUT2D eigenvalue weighted by Crippen LogP contribution is 2.33. The Morgan fingerprint density at radius 3 is 2.71 bits per heavy atom. The highest BCUT2D eigenvalue weighted by Gasteiger charge is 2.35. The third-order valence-corrected chi connectivity index (χ3v) is 5.58. The predicted molar refractivity (Wildman–Crippen MR) is 122 cm³/mol. The number of rotatable bonds is 11. The van der Waals surface area contributed by atoms with Crippen molar-refractivity contribution in [3.63, 3.8) is 0 Å². The number of unbranched alkanes of at least 4 members (excludes halogenated alkanes) is 1. The van der Waals surface area contributed by atoms with Gasteiger partial charge in [0.15, 0.2) is 23.4 Å². The second-order valence-electron chi connectivity index (χ2n) is 8.12. The summed E-state index contributed by atoms with van der Waals surface area (Å²) in [4.78, 5) is 36.7. The molecule has 0 saturated carbocycles. The van der Waals surface area contributed by atoms with Crippen LogP contribution in [0.3, 0.4) is 0 Å². The van der Waals surface area contributed by atoms with Gasteiger partial charge in [0, 0.05) is 12.0 Å². The maximum absolute atomic E-state index is 12.5. The molecule has 0 radical (unpaired) electrons. The van der Waals surface area contributed by atoms with Crippen LogP contribution in [-0.4, -0.2) is 54.6 Å². The number of carbonyl (C=O) groups excluding carboxylic acids is 2. The molecule has 10 heteroatoms. The van der Waals surface area contributed by atoms with Gasteiger partial charge in [0.2, 0.25) is 0 Å². The van der Waals surface area contributed by atoms with Gasteiger partial charge in [0.25, 0.3) is 0 Å². The molecule has 180 valence electrons. The van der Waals surface area contributed by atoms with E-state index in [0.29, 0.717) is 55.0 Å². The molecule has 1 aliphatic rings. The summed E-state index contributed by atoms with van der Waals surface area (Å²) in [6, 6.07) is 2.11. The Labute approximate surface area is 196 Å². The van der Waals surface area contributed by atoms with E-state index in [4.69, 9.17) is 4.74 Å². The highest BCUT2D eigenvalue weighted by molar-refractivity contribution is 6.07. The first-order valence-electron chi connectivity index (χ1n) is 11.2. The van der Waals surface area contributed by atoms with Gasteiger partial charge in [0.05, 0.1) is 17.7 Å². The zero-order valence-corrected chi connectivity index (χ0v) is 19.3. The molecule has 1 heterocycles. The number of phenolic OH excluding ortho intramolecular Hbond substituents is 1. The molecule has 0 bridgehead atoms. The van der Waals surface area contributed by atoms with Gasteiger partial charge in [-0.2, -0.15) is 0 Å². The number of allylic oxidation sites excluding steroid dienone is 2. The maximum Gasteiger partial charge on any atom is 0.334 e. The van der Waals surface area contributed by atoms with E-state index < -0.39 is 17.8 Å². The lowest BCUT2D eigenvalue weighted by atomic mass is 9.90. The summed E-state index contributed by atoms with van der Waals surface area (Å²) in [5, 5.41) is 31.9. The summed E-state index contributed by atoms with van der Waals surface area (Å²) < 4.78 is 5.85. The predicted octanol–water partition coefficient (Wildman–Crippen LogP) is 3.02. The molecule has 0 fully saturated rings. The molecular weight excluding hydrogens is 440 g/mol. The number of aromatic nitrogens is 4. The van der Waals surface area contributed by atoms with E-state index >= 15 is 0 Å². The first-order valence-corrected chi connectivity index (χ1v) is 11.2. The minimum absolute atomic E-state index is 0.0256. The molecule has 0 aliphatic heterocycles. The van der Waals surface area contributed by atoms with E-state index in [1.807, 2.05) is 6.92 Å². The van der Waals surface area contributed by atoms with Crippen molar-refractivity contribution in [2.75, 3.05) is 6.61 Å². The van der Waals surface area contributed by atoms with Gasteiger partial charge in [-0.3, -0.25) is 9.59 Å². The summed E-state index contributed by atoms with van der Waals surface area (Å²) in [6.07, 6.45) is 4.82. The van der Waals surface area contributed by atoms with E-state index in [-0.39, 0.29) is 29.1 Å². The molecule has 10 nitrogen and oxygen atoms in total. The van der Waals surface area contributed by atoms with E-state index in [2.05, 4.69) is 22.0 Å². The molecular formula is C24H28N4O6. The quantitative estimate of drug-likeness (QED) is 0.289. The lowest BCUT2D eigenvalue weighted by Gasteiger charge is -2.20. The fraction of sp³-hybridized carbons (Fsp3) is 0.417. The number of nitrogens with zero attached hydrogens (tertiary/aromatic N) is 4. The lowest BCUT2D eigenvalue weighted by Crippen LogP contribution is -2.31. The fourth-order valence-electron chi connectivity index (χ4n) is 3.77. The van der Waals surface area contributed by atoms with Crippen LogP contribution < -0.4 is 4.74 Å². The van der Waals surface area contributed by atoms with Crippen LogP contribution in [0.1, 0.15) is 67.3 Å². The van der Waals surface area contributed by atoms with Crippen LogP contribution in [-0.2, 0) is 22.4 Å². The van der Waals surface area contributed by atoms with Crippen LogP contribution in [0.4, 0.5) is 0 Å². The molecule has 1 aromatic heterocycles. The van der Waals surface area contributed by atoms with Crippen molar-refractivity contribution in [1.29, 1.82) is 0 Å². The molecule has 0 saturated heterocycles. The number of phenols is 1. The Bertz CT molecular complexity index is 1150. The Morgan fingerprint density at radius 1 is 1.26 bits per heavy atom. The van der Waals surface area contributed by atoms with Crippen molar-refractivity contribution in [3.8, 4) is 11.5 Å². The number of carbonyl (C=O) groups is 3. The topological polar surface area (TPSA) is 144 Å². The van der Waals surface area contributed by atoms with Crippen molar-refractivity contribution in [2.45, 2.75) is 58.4 Å². The molecule has 1 atom stereocenters. The van der Waals surface area contributed by atoms with E-state index in [9.17, 15) is 24.6 Å². The van der Waals surface area contributed by atoms with Crippen molar-refractivity contribution >= 4 is 17.5 Å². The van der Waals surface area contributed by atoms with Gasteiger partial charge in [-0.15, -0.1) is 15.0 Å². The van der Waals surface area contributed by atoms with Gasteiger partial charge in [0.1, 0.15) is 11.5 Å². The summed E-state index contributed by atoms with van der Waals surface area (Å²) in [6.45, 7) is 7.46. The summed E-state index contributed by atoms with van der Waals surface area (Å²) in [5.41, 5.74) is 1.12. The lowest BCUT2D eigenvalue weighted by molar-refractivity contribution is -0.135. The van der Waals surface area contributed by atoms with Crippen LogP contribution in [0, 0.1) is 0 Å². The van der Waals surface area contributed by atoms with Gasteiger partial charge in [-0.05, 0) is 55.5 Å². The Kier molecular flexibility index (Phi) is 7.93. The van der Waals surface area contributed by atoms with Gasteiger partial charge >= 0.3 is 5.97 Å². The third-order valence-electron chi connectivity index (χ3n) is 5.58.